The summed E-state index contributed by atoms with van der Waals surface area (Å²) in [7, 11) is 3.24. The highest BCUT2D eigenvalue weighted by Crippen LogP contribution is 2.26. The average Bonchev–Trinajstić information content (AvgIpc) is 3.53. The maximum atomic E-state index is 13.2. The van der Waals surface area contributed by atoms with Gasteiger partial charge in [-0.2, -0.15) is 9.61 Å². The van der Waals surface area contributed by atoms with Crippen LogP contribution < -0.4 is 16.6 Å². The highest BCUT2D eigenvalue weighted by Gasteiger charge is 2.30. The van der Waals surface area contributed by atoms with E-state index >= 15 is 0 Å². The van der Waals surface area contributed by atoms with E-state index in [0.29, 0.717) is 29.1 Å². The van der Waals surface area contributed by atoms with Gasteiger partial charge in [-0.05, 0) is 37.8 Å². The number of nitrogens with two attached hydrogens (primary N) is 1. The lowest BCUT2D eigenvalue weighted by Crippen LogP contribution is -2.34. The number of likely N-dealkylation sites (N-methyl/N-ethyl adjacent to an activating group) is 1. The van der Waals surface area contributed by atoms with Crippen LogP contribution in [-0.2, 0) is 11.3 Å². The molecule has 1 saturated carbocycles. The van der Waals surface area contributed by atoms with E-state index in [2.05, 4.69) is 15.4 Å². The van der Waals surface area contributed by atoms with Crippen molar-refractivity contribution in [2.75, 3.05) is 20.6 Å². The molecule has 188 valence electrons. The van der Waals surface area contributed by atoms with Crippen molar-refractivity contribution in [2.24, 2.45) is 16.6 Å². The van der Waals surface area contributed by atoms with Gasteiger partial charge in [0.25, 0.3) is 11.5 Å². The molecule has 1 fully saturated rings. The maximum Gasteiger partial charge on any atom is 0.291 e. The number of hydrogen-bond donors (Lipinski definition) is 3. The van der Waals surface area contributed by atoms with E-state index in [1.807, 2.05) is 13.8 Å². The van der Waals surface area contributed by atoms with Crippen molar-refractivity contribution < 1.29 is 14.7 Å². The minimum absolute atomic E-state index is 0.0227. The van der Waals surface area contributed by atoms with Crippen LogP contribution in [0.4, 0.5) is 0 Å². The second kappa shape index (κ2) is 10.6. The monoisotopic (exact) mass is 483 g/mol. The van der Waals surface area contributed by atoms with Crippen molar-refractivity contribution in [3.63, 3.8) is 0 Å². The van der Waals surface area contributed by atoms with Crippen molar-refractivity contribution in [1.29, 1.82) is 0 Å². The van der Waals surface area contributed by atoms with Crippen LogP contribution in [0.2, 0.25) is 0 Å². The van der Waals surface area contributed by atoms with E-state index in [0.717, 1.165) is 17.4 Å². The predicted molar refractivity (Wildman–Crippen MR) is 135 cm³/mol. The first-order valence-corrected chi connectivity index (χ1v) is 11.5. The summed E-state index contributed by atoms with van der Waals surface area (Å²) in [6.07, 6.45) is 7.78. The number of carbonyl (C=O) groups is 2. The third-order valence-electron chi connectivity index (χ3n) is 5.54. The van der Waals surface area contributed by atoms with Gasteiger partial charge in [0.1, 0.15) is 5.65 Å². The molecule has 0 aromatic carbocycles. The third kappa shape index (κ3) is 5.79. The van der Waals surface area contributed by atoms with Gasteiger partial charge in [0.05, 0.1) is 12.2 Å². The Morgan fingerprint density at radius 1 is 1.37 bits per heavy atom. The lowest BCUT2D eigenvalue weighted by Gasteiger charge is -2.17. The fourth-order valence-electron chi connectivity index (χ4n) is 3.64. The molecule has 35 heavy (non-hydrogen) atoms. The molecule has 2 aromatic rings. The molecule has 2 aromatic heterocycles. The Hall–Kier alpha value is -3.89. The van der Waals surface area contributed by atoms with Gasteiger partial charge >= 0.3 is 0 Å². The molecule has 3 rings (SSSR count). The first-order valence-electron chi connectivity index (χ1n) is 11.5. The number of aromatic nitrogens is 3. The zero-order chi connectivity index (χ0) is 25.9. The van der Waals surface area contributed by atoms with Crippen LogP contribution in [0, 0.1) is 12.8 Å². The lowest BCUT2D eigenvalue weighted by molar-refractivity contribution is -0.124. The molecule has 0 radical (unpaired) electrons. The Morgan fingerprint density at radius 3 is 2.66 bits per heavy atom. The first kappa shape index (κ1) is 25.7. The third-order valence-corrected chi connectivity index (χ3v) is 5.54. The van der Waals surface area contributed by atoms with Gasteiger partial charge in [-0.1, -0.05) is 13.8 Å². The number of allylic oxidation sites excluding steroid dienone is 1. The Morgan fingerprint density at radius 2 is 2.06 bits per heavy atom. The lowest BCUT2D eigenvalue weighted by atomic mass is 10.1. The Kier molecular flexibility index (Phi) is 7.78. The van der Waals surface area contributed by atoms with Crippen LogP contribution in [0.3, 0.4) is 0 Å². The van der Waals surface area contributed by atoms with Gasteiger partial charge < -0.3 is 21.1 Å². The molecule has 0 aliphatic heterocycles. The predicted octanol–water partition coefficient (Wildman–Crippen LogP) is 1.07. The van der Waals surface area contributed by atoms with Crippen molar-refractivity contribution in [3.8, 4) is 5.88 Å². The smallest absolute Gasteiger partial charge is 0.291 e. The molecule has 1 aliphatic carbocycles. The number of aryl methyl sites for hydroxylation is 1. The van der Waals surface area contributed by atoms with Crippen LogP contribution in [0.25, 0.3) is 11.7 Å². The van der Waals surface area contributed by atoms with Crippen molar-refractivity contribution in [1.82, 2.24) is 24.4 Å². The molecule has 0 saturated heterocycles. The number of aliphatic imine (C=N–C) groups is 1. The van der Waals surface area contributed by atoms with Crippen LogP contribution >= 0.6 is 0 Å². The fraction of sp³-hybridized carbons (Fsp3) is 0.458. The number of fused-ring (bicyclic) bond motifs is 1. The molecule has 11 nitrogen and oxygen atoms in total. The minimum Gasteiger partial charge on any atom is -0.494 e. The quantitative estimate of drug-likeness (QED) is 0.359. The highest BCUT2D eigenvalue weighted by atomic mass is 16.3. The van der Waals surface area contributed by atoms with Crippen LogP contribution in [0.5, 0.6) is 5.88 Å². The number of amides is 2. The van der Waals surface area contributed by atoms with Gasteiger partial charge in [-0.15, -0.1) is 0 Å². The van der Waals surface area contributed by atoms with E-state index in [1.54, 1.807) is 39.4 Å². The molecule has 2 heterocycles. The van der Waals surface area contributed by atoms with Gasteiger partial charge in [0, 0.05) is 50.2 Å². The van der Waals surface area contributed by atoms with Gasteiger partial charge in [-0.3, -0.25) is 23.9 Å². The molecule has 0 atom stereocenters. The summed E-state index contributed by atoms with van der Waals surface area (Å²) in [4.78, 5) is 43.9. The number of nitrogens with zero attached hydrogens (tertiary/aromatic N) is 5. The standard InChI is InChI=1S/C24H33N7O4/c1-14(2)12-30-22-18(8-9-19(32)29(5)13-16(25)10-11-26-4)15(3)28-31(22)24(35)20(23(30)34)21(33)27-17-6-7-17/h8-11,14,17,34H,6-7,12-13,25H2,1-5H3,(H,27,33)/b9-8+,16-10?,26-11?. The molecule has 4 N–H and O–H groups in total. The highest BCUT2D eigenvalue weighted by molar-refractivity contribution is 5.97. The van der Waals surface area contributed by atoms with Crippen molar-refractivity contribution in [3.05, 3.63) is 45.0 Å². The Labute approximate surface area is 203 Å². The van der Waals surface area contributed by atoms with Crippen LogP contribution in [-0.4, -0.2) is 68.9 Å². The number of aromatic hydroxyl groups is 1. The normalized spacial score (nSPS) is 14.5. The summed E-state index contributed by atoms with van der Waals surface area (Å²) in [5, 5.41) is 18.1. The van der Waals surface area contributed by atoms with E-state index < -0.39 is 17.3 Å². The fourth-order valence-corrected chi connectivity index (χ4v) is 3.64. The second-order valence-electron chi connectivity index (χ2n) is 9.17. The summed E-state index contributed by atoms with van der Waals surface area (Å²) in [6.45, 7) is 6.15. The number of carbonyl (C=O) groups excluding carboxylic acids is 2. The first-order chi connectivity index (χ1) is 16.5. The zero-order valence-electron chi connectivity index (χ0n) is 20.8. The molecule has 0 bridgehead atoms. The number of hydrogen-bond acceptors (Lipinski definition) is 7. The second-order valence-corrected chi connectivity index (χ2v) is 9.17. The molecule has 2 amide bonds. The number of rotatable bonds is 9. The molecule has 0 spiro atoms. The van der Waals surface area contributed by atoms with Gasteiger partial charge in [0.15, 0.2) is 5.56 Å². The molecular weight excluding hydrogens is 450 g/mol. The summed E-state index contributed by atoms with van der Waals surface area (Å²) in [5.41, 5.74) is 6.61. The van der Waals surface area contributed by atoms with Crippen molar-refractivity contribution in [2.45, 2.75) is 46.2 Å². The van der Waals surface area contributed by atoms with Crippen molar-refractivity contribution >= 4 is 29.8 Å². The van der Waals surface area contributed by atoms with Gasteiger partial charge in [-0.25, -0.2) is 0 Å². The largest absolute Gasteiger partial charge is 0.494 e. The molecule has 1 aliphatic rings. The molecule has 11 heteroatoms. The van der Waals surface area contributed by atoms with Crippen LogP contribution in [0.1, 0.15) is 48.3 Å². The van der Waals surface area contributed by atoms with E-state index in [-0.39, 0.29) is 30.0 Å². The van der Waals surface area contributed by atoms with Gasteiger partial charge in [0.2, 0.25) is 11.8 Å². The summed E-state index contributed by atoms with van der Waals surface area (Å²) in [5.74, 6) is -1.25. The Balaban J connectivity index is 2.05. The zero-order valence-corrected chi connectivity index (χ0v) is 20.8. The number of nitrogens with one attached hydrogen (secondary N) is 1. The van der Waals surface area contributed by atoms with E-state index in [9.17, 15) is 19.5 Å². The average molecular weight is 484 g/mol. The topological polar surface area (TPSA) is 147 Å². The summed E-state index contributed by atoms with van der Waals surface area (Å²) in [6, 6.07) is 0.0227. The summed E-state index contributed by atoms with van der Waals surface area (Å²) < 4.78 is 2.63. The molecule has 0 unspecified atom stereocenters. The van der Waals surface area contributed by atoms with Crippen LogP contribution in [0.15, 0.2) is 27.6 Å². The van der Waals surface area contributed by atoms with E-state index in [4.69, 9.17) is 5.73 Å². The SMILES string of the molecule is CN=CC=C(N)CN(C)C(=O)/C=C/c1c(C)nn2c(=O)c(C(=O)NC3CC3)c(O)n(CC(C)C)c12. The van der Waals surface area contributed by atoms with E-state index in [1.165, 1.54) is 15.5 Å². The minimum atomic E-state index is -0.711. The Bertz CT molecular complexity index is 1280. The maximum absolute atomic E-state index is 13.2. The molecular formula is C24H33N7O4. The summed E-state index contributed by atoms with van der Waals surface area (Å²) >= 11 is 0.